The molecule has 2 rings (SSSR count). The summed E-state index contributed by atoms with van der Waals surface area (Å²) < 4.78 is 1.64. The van der Waals surface area contributed by atoms with E-state index in [-0.39, 0.29) is 5.91 Å². The Morgan fingerprint density at radius 2 is 2.35 bits per heavy atom. The predicted molar refractivity (Wildman–Crippen MR) is 74.4 cm³/mol. The fraction of sp³-hybridized carbons (Fsp3) is 0.0909. The number of benzene rings is 1. The fourth-order valence-corrected chi connectivity index (χ4v) is 2.28. The standard InChI is InChI=1S/C11H10BrN3OS/c1-6(12)5-14-10(16)7-2-3-8-9(4-7)17-11(13)15-8/h2-4H,1,5H2,(H2,13,15)(H,14,16). The number of thiazole rings is 1. The van der Waals surface area contributed by atoms with Crippen molar-refractivity contribution in [1.29, 1.82) is 0 Å². The third-order valence-electron chi connectivity index (χ3n) is 2.11. The summed E-state index contributed by atoms with van der Waals surface area (Å²) in [7, 11) is 0. The van der Waals surface area contributed by atoms with Crippen LogP contribution < -0.4 is 11.1 Å². The molecule has 0 saturated heterocycles. The molecule has 0 saturated carbocycles. The number of carbonyl (C=O) groups is 1. The maximum atomic E-state index is 11.8. The van der Waals surface area contributed by atoms with E-state index >= 15 is 0 Å². The Morgan fingerprint density at radius 3 is 3.06 bits per heavy atom. The van der Waals surface area contributed by atoms with Crippen molar-refractivity contribution < 1.29 is 4.79 Å². The molecule has 1 aromatic heterocycles. The second-order valence-electron chi connectivity index (χ2n) is 3.43. The highest BCUT2D eigenvalue weighted by atomic mass is 79.9. The monoisotopic (exact) mass is 311 g/mol. The van der Waals surface area contributed by atoms with Crippen LogP contribution in [0, 0.1) is 0 Å². The molecular weight excluding hydrogens is 302 g/mol. The maximum Gasteiger partial charge on any atom is 0.251 e. The average molecular weight is 312 g/mol. The van der Waals surface area contributed by atoms with Gasteiger partial charge in [0.25, 0.3) is 5.91 Å². The number of aromatic nitrogens is 1. The van der Waals surface area contributed by atoms with Gasteiger partial charge in [0.15, 0.2) is 5.13 Å². The maximum absolute atomic E-state index is 11.8. The lowest BCUT2D eigenvalue weighted by atomic mass is 10.2. The van der Waals surface area contributed by atoms with Gasteiger partial charge >= 0.3 is 0 Å². The Labute approximate surface area is 111 Å². The summed E-state index contributed by atoms with van der Waals surface area (Å²) in [6, 6.07) is 5.31. The molecule has 1 heterocycles. The molecule has 88 valence electrons. The van der Waals surface area contributed by atoms with Crippen LogP contribution in [0.4, 0.5) is 5.13 Å². The van der Waals surface area contributed by atoms with Gasteiger partial charge < -0.3 is 11.1 Å². The minimum atomic E-state index is -0.139. The third-order valence-corrected chi connectivity index (χ3v) is 3.24. The van der Waals surface area contributed by atoms with Crippen LogP contribution in [-0.2, 0) is 0 Å². The van der Waals surface area contributed by atoms with Crippen LogP contribution >= 0.6 is 27.3 Å². The smallest absolute Gasteiger partial charge is 0.251 e. The van der Waals surface area contributed by atoms with Crippen LogP contribution in [0.1, 0.15) is 10.4 Å². The summed E-state index contributed by atoms with van der Waals surface area (Å²) in [5.74, 6) is -0.139. The number of nitrogens with two attached hydrogens (primary N) is 1. The number of rotatable bonds is 3. The molecule has 0 aliphatic heterocycles. The van der Waals surface area contributed by atoms with Crippen LogP contribution in [0.15, 0.2) is 29.3 Å². The minimum absolute atomic E-state index is 0.139. The number of nitrogen functional groups attached to an aromatic ring is 1. The van der Waals surface area contributed by atoms with E-state index in [1.54, 1.807) is 18.2 Å². The van der Waals surface area contributed by atoms with Gasteiger partial charge in [-0.3, -0.25) is 4.79 Å². The second-order valence-corrected chi connectivity index (χ2v) is 5.62. The molecule has 0 fully saturated rings. The molecule has 0 spiro atoms. The zero-order chi connectivity index (χ0) is 12.4. The Morgan fingerprint density at radius 1 is 1.59 bits per heavy atom. The van der Waals surface area contributed by atoms with E-state index in [4.69, 9.17) is 5.73 Å². The third kappa shape index (κ3) is 2.83. The summed E-state index contributed by atoms with van der Waals surface area (Å²) >= 11 is 4.55. The van der Waals surface area contributed by atoms with Crippen LogP contribution in [0.3, 0.4) is 0 Å². The quantitative estimate of drug-likeness (QED) is 0.915. The lowest BCUT2D eigenvalue weighted by Crippen LogP contribution is -2.24. The topological polar surface area (TPSA) is 68.0 Å². The molecule has 1 aromatic carbocycles. The van der Waals surface area contributed by atoms with Gasteiger partial charge in [-0.2, -0.15) is 0 Å². The molecule has 2 aromatic rings. The van der Waals surface area contributed by atoms with Crippen molar-refractivity contribution in [3.05, 3.63) is 34.8 Å². The normalized spacial score (nSPS) is 10.4. The predicted octanol–water partition coefficient (Wildman–Crippen LogP) is 2.52. The van der Waals surface area contributed by atoms with E-state index in [1.807, 2.05) is 0 Å². The van der Waals surface area contributed by atoms with Gasteiger partial charge in [0.05, 0.1) is 10.2 Å². The molecule has 0 unspecified atom stereocenters. The molecule has 4 nitrogen and oxygen atoms in total. The molecule has 0 bridgehead atoms. The lowest BCUT2D eigenvalue weighted by molar-refractivity contribution is 0.0958. The molecule has 0 atom stereocenters. The summed E-state index contributed by atoms with van der Waals surface area (Å²) in [5.41, 5.74) is 7.01. The Hall–Kier alpha value is -1.40. The highest BCUT2D eigenvalue weighted by molar-refractivity contribution is 9.11. The molecule has 17 heavy (non-hydrogen) atoms. The molecule has 0 aliphatic rings. The van der Waals surface area contributed by atoms with Gasteiger partial charge in [0.2, 0.25) is 0 Å². The van der Waals surface area contributed by atoms with E-state index in [2.05, 4.69) is 32.8 Å². The van der Waals surface area contributed by atoms with Gasteiger partial charge in [0.1, 0.15) is 0 Å². The number of amides is 1. The summed E-state index contributed by atoms with van der Waals surface area (Å²) in [6.07, 6.45) is 0. The van der Waals surface area contributed by atoms with E-state index in [1.165, 1.54) is 11.3 Å². The van der Waals surface area contributed by atoms with Crippen molar-refractivity contribution in [3.8, 4) is 0 Å². The van der Waals surface area contributed by atoms with Crippen LogP contribution in [0.2, 0.25) is 0 Å². The van der Waals surface area contributed by atoms with Crippen molar-refractivity contribution in [2.24, 2.45) is 0 Å². The van der Waals surface area contributed by atoms with Crippen molar-refractivity contribution in [2.45, 2.75) is 0 Å². The first-order chi connectivity index (χ1) is 8.06. The fourth-order valence-electron chi connectivity index (χ4n) is 1.36. The second kappa shape index (κ2) is 4.85. The first kappa shape index (κ1) is 12.1. The summed E-state index contributed by atoms with van der Waals surface area (Å²) in [4.78, 5) is 15.9. The van der Waals surface area contributed by atoms with Gasteiger partial charge in [0, 0.05) is 16.6 Å². The Kier molecular flexibility index (Phi) is 3.44. The first-order valence-electron chi connectivity index (χ1n) is 4.84. The highest BCUT2D eigenvalue weighted by Gasteiger charge is 2.08. The molecule has 6 heteroatoms. The number of anilines is 1. The zero-order valence-corrected chi connectivity index (χ0v) is 11.3. The number of nitrogens with zero attached hydrogens (tertiary/aromatic N) is 1. The number of nitrogens with one attached hydrogen (secondary N) is 1. The number of halogens is 1. The minimum Gasteiger partial charge on any atom is -0.375 e. The average Bonchev–Trinajstić information content (AvgIpc) is 2.64. The van der Waals surface area contributed by atoms with Crippen LogP contribution in [0.5, 0.6) is 0 Å². The molecule has 0 aliphatic carbocycles. The van der Waals surface area contributed by atoms with Crippen molar-refractivity contribution in [2.75, 3.05) is 12.3 Å². The number of hydrogen-bond donors (Lipinski definition) is 2. The van der Waals surface area contributed by atoms with Crippen molar-refractivity contribution >= 4 is 48.5 Å². The van der Waals surface area contributed by atoms with Gasteiger partial charge in [-0.15, -0.1) is 0 Å². The largest absolute Gasteiger partial charge is 0.375 e. The lowest BCUT2D eigenvalue weighted by Gasteiger charge is -2.03. The van der Waals surface area contributed by atoms with Crippen molar-refractivity contribution in [3.63, 3.8) is 0 Å². The van der Waals surface area contributed by atoms with E-state index in [0.717, 1.165) is 14.7 Å². The summed E-state index contributed by atoms with van der Waals surface area (Å²) in [6.45, 7) is 4.06. The zero-order valence-electron chi connectivity index (χ0n) is 8.87. The molecule has 0 radical (unpaired) electrons. The first-order valence-corrected chi connectivity index (χ1v) is 6.45. The van der Waals surface area contributed by atoms with E-state index < -0.39 is 0 Å². The SMILES string of the molecule is C=C(Br)CNC(=O)c1ccc2nc(N)sc2c1. The van der Waals surface area contributed by atoms with E-state index in [0.29, 0.717) is 17.2 Å². The summed E-state index contributed by atoms with van der Waals surface area (Å²) in [5, 5.41) is 3.24. The molecular formula is C11H10BrN3OS. The van der Waals surface area contributed by atoms with Gasteiger partial charge in [-0.05, 0) is 18.2 Å². The van der Waals surface area contributed by atoms with Crippen LogP contribution in [0.25, 0.3) is 10.2 Å². The number of fused-ring (bicyclic) bond motifs is 1. The highest BCUT2D eigenvalue weighted by Crippen LogP contribution is 2.24. The molecule has 1 amide bonds. The van der Waals surface area contributed by atoms with Crippen molar-refractivity contribution in [1.82, 2.24) is 10.3 Å². The van der Waals surface area contributed by atoms with Gasteiger partial charge in [-0.1, -0.05) is 33.8 Å². The molecule has 3 N–H and O–H groups in total. The number of hydrogen-bond acceptors (Lipinski definition) is 4. The number of carbonyl (C=O) groups excluding carboxylic acids is 1. The van der Waals surface area contributed by atoms with Crippen LogP contribution in [-0.4, -0.2) is 17.4 Å². The van der Waals surface area contributed by atoms with Gasteiger partial charge in [-0.25, -0.2) is 4.98 Å². The Balaban J connectivity index is 2.23. The van der Waals surface area contributed by atoms with E-state index in [9.17, 15) is 4.79 Å². The Bertz CT molecular complexity index is 593.